The molecular formula is C17H18N4O4. The lowest BCUT2D eigenvalue weighted by Crippen LogP contribution is -2.42. The Bertz CT molecular complexity index is 773. The molecule has 0 N–H and O–H groups in total. The fourth-order valence-corrected chi connectivity index (χ4v) is 2.92. The second kappa shape index (κ2) is 7.25. The fraction of sp³-hybridized carbons (Fsp3) is 0.353. The van der Waals surface area contributed by atoms with E-state index in [0.29, 0.717) is 42.9 Å². The largest absolute Gasteiger partial charge is 0.474 e. The van der Waals surface area contributed by atoms with Crippen molar-refractivity contribution >= 4 is 11.6 Å². The minimum atomic E-state index is -0.464. The van der Waals surface area contributed by atoms with Crippen molar-refractivity contribution in [1.82, 2.24) is 14.9 Å². The highest BCUT2D eigenvalue weighted by Crippen LogP contribution is 2.24. The summed E-state index contributed by atoms with van der Waals surface area (Å²) in [5.74, 6) is 0.344. The van der Waals surface area contributed by atoms with Crippen LogP contribution in [0.1, 0.15) is 28.8 Å². The number of likely N-dealkylation sites (tertiary alicyclic amines) is 1. The molecule has 0 atom stereocenters. The monoisotopic (exact) mass is 342 g/mol. The Labute approximate surface area is 144 Å². The summed E-state index contributed by atoms with van der Waals surface area (Å²) in [4.78, 5) is 32.9. The summed E-state index contributed by atoms with van der Waals surface area (Å²) in [5.41, 5.74) is 0.744. The van der Waals surface area contributed by atoms with Crippen molar-refractivity contribution in [3.8, 4) is 5.88 Å². The molecule has 0 radical (unpaired) electrons. The lowest BCUT2D eigenvalue weighted by molar-refractivity contribution is -0.385. The van der Waals surface area contributed by atoms with Crippen molar-refractivity contribution in [3.05, 3.63) is 58.0 Å². The van der Waals surface area contributed by atoms with Gasteiger partial charge in [0, 0.05) is 55.4 Å². The number of benzene rings is 1. The topological polar surface area (TPSA) is 98.5 Å². The van der Waals surface area contributed by atoms with Gasteiger partial charge in [-0.15, -0.1) is 0 Å². The predicted molar refractivity (Wildman–Crippen MR) is 89.4 cm³/mol. The Hall–Kier alpha value is -3.03. The van der Waals surface area contributed by atoms with Crippen LogP contribution in [0.15, 0.2) is 36.8 Å². The maximum absolute atomic E-state index is 12.7. The summed E-state index contributed by atoms with van der Waals surface area (Å²) < 4.78 is 5.78. The van der Waals surface area contributed by atoms with Crippen LogP contribution < -0.4 is 4.74 Å². The zero-order valence-electron chi connectivity index (χ0n) is 13.8. The molecule has 0 bridgehead atoms. The molecule has 1 aromatic heterocycles. The van der Waals surface area contributed by atoms with Gasteiger partial charge in [-0.2, -0.15) is 0 Å². The van der Waals surface area contributed by atoms with Gasteiger partial charge in [0.1, 0.15) is 12.4 Å². The van der Waals surface area contributed by atoms with E-state index < -0.39 is 4.92 Å². The van der Waals surface area contributed by atoms with Crippen molar-refractivity contribution in [2.45, 2.75) is 25.9 Å². The standard InChI is InChI=1S/C17H18N4O4/c1-12-14(3-2-4-15(12)21(23)24)17(22)20-9-6-13(7-10-20)25-16-5-8-18-11-19-16/h2-5,8,11,13H,6-7,9-10H2,1H3. The number of nitro benzene ring substituents is 1. The number of nitro groups is 1. The minimum Gasteiger partial charge on any atom is -0.474 e. The number of hydrogen-bond acceptors (Lipinski definition) is 6. The van der Waals surface area contributed by atoms with E-state index in [0.717, 1.165) is 0 Å². The molecule has 1 saturated heterocycles. The Kier molecular flexibility index (Phi) is 4.87. The van der Waals surface area contributed by atoms with Gasteiger partial charge in [0.15, 0.2) is 0 Å². The van der Waals surface area contributed by atoms with Crippen LogP contribution in [0.5, 0.6) is 5.88 Å². The molecule has 0 aliphatic carbocycles. The van der Waals surface area contributed by atoms with E-state index in [2.05, 4.69) is 9.97 Å². The predicted octanol–water partition coefficient (Wildman–Crippen LogP) is 2.38. The molecule has 1 amide bonds. The van der Waals surface area contributed by atoms with Crippen molar-refractivity contribution in [2.75, 3.05) is 13.1 Å². The highest BCUT2D eigenvalue weighted by atomic mass is 16.6. The second-order valence-electron chi connectivity index (χ2n) is 5.86. The number of amides is 1. The molecule has 8 nitrogen and oxygen atoms in total. The van der Waals surface area contributed by atoms with E-state index in [9.17, 15) is 14.9 Å². The Balaban J connectivity index is 1.64. The van der Waals surface area contributed by atoms with Gasteiger partial charge in [0.2, 0.25) is 5.88 Å². The fourth-order valence-electron chi connectivity index (χ4n) is 2.92. The number of hydrogen-bond donors (Lipinski definition) is 0. The number of carbonyl (C=O) groups excluding carboxylic acids is 1. The quantitative estimate of drug-likeness (QED) is 0.625. The van der Waals surface area contributed by atoms with Gasteiger partial charge in [0.25, 0.3) is 11.6 Å². The van der Waals surface area contributed by atoms with Crippen molar-refractivity contribution in [2.24, 2.45) is 0 Å². The van der Waals surface area contributed by atoms with Gasteiger partial charge >= 0.3 is 0 Å². The lowest BCUT2D eigenvalue weighted by Gasteiger charge is -2.32. The Morgan fingerprint density at radius 2 is 2.08 bits per heavy atom. The van der Waals surface area contributed by atoms with Crippen molar-refractivity contribution in [1.29, 1.82) is 0 Å². The maximum Gasteiger partial charge on any atom is 0.273 e. The number of piperidine rings is 1. The molecule has 0 saturated carbocycles. The van der Waals surface area contributed by atoms with Crippen LogP contribution in [0.2, 0.25) is 0 Å². The maximum atomic E-state index is 12.7. The summed E-state index contributed by atoms with van der Waals surface area (Å²) in [5, 5.41) is 11.0. The van der Waals surface area contributed by atoms with Crippen molar-refractivity contribution in [3.63, 3.8) is 0 Å². The van der Waals surface area contributed by atoms with Crippen molar-refractivity contribution < 1.29 is 14.5 Å². The molecule has 2 aromatic rings. The van der Waals surface area contributed by atoms with Crippen LogP contribution in [-0.2, 0) is 0 Å². The molecule has 1 aliphatic rings. The van der Waals surface area contributed by atoms with E-state index in [4.69, 9.17) is 4.74 Å². The van der Waals surface area contributed by atoms with E-state index >= 15 is 0 Å². The first-order valence-electron chi connectivity index (χ1n) is 8.02. The summed E-state index contributed by atoms with van der Waals surface area (Å²) in [7, 11) is 0. The summed E-state index contributed by atoms with van der Waals surface area (Å²) in [6.45, 7) is 2.68. The van der Waals surface area contributed by atoms with Crippen LogP contribution in [0.25, 0.3) is 0 Å². The van der Waals surface area contributed by atoms with E-state index in [1.54, 1.807) is 36.2 Å². The minimum absolute atomic E-state index is 0.00911. The first-order chi connectivity index (χ1) is 12.1. The number of carbonyl (C=O) groups is 1. The van der Waals surface area contributed by atoms with Crippen LogP contribution >= 0.6 is 0 Å². The van der Waals surface area contributed by atoms with Gasteiger partial charge in [-0.1, -0.05) is 6.07 Å². The molecule has 0 unspecified atom stereocenters. The van der Waals surface area contributed by atoms with E-state index in [-0.39, 0.29) is 17.7 Å². The van der Waals surface area contributed by atoms with Gasteiger partial charge < -0.3 is 9.64 Å². The zero-order chi connectivity index (χ0) is 17.8. The van der Waals surface area contributed by atoms with Gasteiger partial charge in [0.05, 0.1) is 4.92 Å². The Morgan fingerprint density at radius 1 is 1.32 bits per heavy atom. The SMILES string of the molecule is Cc1c(C(=O)N2CCC(Oc3ccncn3)CC2)cccc1[N+](=O)[O-]. The summed E-state index contributed by atoms with van der Waals surface area (Å²) in [6, 6.07) is 6.29. The highest BCUT2D eigenvalue weighted by Gasteiger charge is 2.27. The molecule has 130 valence electrons. The van der Waals surface area contributed by atoms with E-state index in [1.807, 2.05) is 0 Å². The lowest BCUT2D eigenvalue weighted by atomic mass is 10.0. The molecule has 2 heterocycles. The second-order valence-corrected chi connectivity index (χ2v) is 5.86. The molecule has 25 heavy (non-hydrogen) atoms. The van der Waals surface area contributed by atoms with Gasteiger partial charge in [-0.05, 0) is 13.0 Å². The van der Waals surface area contributed by atoms with Crippen LogP contribution in [0.3, 0.4) is 0 Å². The number of aromatic nitrogens is 2. The summed E-state index contributed by atoms with van der Waals surface area (Å²) in [6.07, 6.45) is 4.41. The molecular weight excluding hydrogens is 324 g/mol. The smallest absolute Gasteiger partial charge is 0.273 e. The normalized spacial score (nSPS) is 15.0. The van der Waals surface area contributed by atoms with Crippen LogP contribution in [0.4, 0.5) is 5.69 Å². The highest BCUT2D eigenvalue weighted by molar-refractivity contribution is 5.96. The van der Waals surface area contributed by atoms with Crippen LogP contribution in [0, 0.1) is 17.0 Å². The number of rotatable bonds is 4. The summed E-state index contributed by atoms with van der Waals surface area (Å²) >= 11 is 0. The number of ether oxygens (including phenoxy) is 1. The molecule has 8 heteroatoms. The van der Waals surface area contributed by atoms with Gasteiger partial charge in [-0.25, -0.2) is 9.97 Å². The third kappa shape index (κ3) is 3.73. The number of nitrogens with zero attached hydrogens (tertiary/aromatic N) is 4. The average molecular weight is 342 g/mol. The first kappa shape index (κ1) is 16.8. The van der Waals surface area contributed by atoms with Crippen LogP contribution in [-0.4, -0.2) is 44.9 Å². The average Bonchev–Trinajstić information content (AvgIpc) is 2.62. The third-order valence-corrected chi connectivity index (χ3v) is 4.30. The molecule has 0 spiro atoms. The molecule has 1 fully saturated rings. The Morgan fingerprint density at radius 3 is 2.72 bits per heavy atom. The van der Waals surface area contributed by atoms with E-state index in [1.165, 1.54) is 12.4 Å². The zero-order valence-corrected chi connectivity index (χ0v) is 13.8. The van der Waals surface area contributed by atoms with Gasteiger partial charge in [-0.3, -0.25) is 14.9 Å². The first-order valence-corrected chi connectivity index (χ1v) is 8.02. The third-order valence-electron chi connectivity index (χ3n) is 4.30. The molecule has 3 rings (SSSR count). The molecule has 1 aromatic carbocycles. The molecule has 1 aliphatic heterocycles.